The number of benzene rings is 1. The molecule has 3 aromatic rings. The Labute approximate surface area is 198 Å². The minimum atomic E-state index is -3.94. The number of hydrogen-bond donors (Lipinski definition) is 1. The van der Waals surface area contributed by atoms with Crippen molar-refractivity contribution in [3.05, 3.63) is 42.1 Å². The number of ether oxygens (including phenoxy) is 4. The lowest BCUT2D eigenvalue weighted by atomic mass is 10.1. The van der Waals surface area contributed by atoms with E-state index in [0.29, 0.717) is 34.6 Å². The van der Waals surface area contributed by atoms with Gasteiger partial charge in [-0.3, -0.25) is 14.3 Å². The van der Waals surface area contributed by atoms with E-state index < -0.39 is 21.2 Å². The molecule has 1 N–H and O–H groups in total. The predicted octanol–water partition coefficient (Wildman–Crippen LogP) is 2.16. The van der Waals surface area contributed by atoms with Gasteiger partial charge in [-0.2, -0.15) is 0 Å². The van der Waals surface area contributed by atoms with Crippen LogP contribution in [-0.2, 0) is 21.4 Å². The number of anilines is 1. The van der Waals surface area contributed by atoms with Crippen LogP contribution in [0.3, 0.4) is 0 Å². The molecule has 0 saturated carbocycles. The Kier molecular flexibility index (Phi) is 7.89. The van der Waals surface area contributed by atoms with Gasteiger partial charge in [0.1, 0.15) is 23.8 Å². The SMILES string of the molecule is COCc1nnc(NS(=O)(=O)C(C)C(C)c2cnc(OC)cn2)n1-c1c(OC)cccc1OC. The molecular weight excluding hydrogens is 464 g/mol. The standard InChI is InChI=1S/C21H28N6O6S/c1-13(15-10-23-19(33-6)11-22-15)14(2)34(28,29)26-21-25-24-18(12-30-3)27(21)20-16(31-4)8-7-9-17(20)32-5/h7-11,13-14H,12H2,1-6H3,(H,25,26). The van der Waals surface area contributed by atoms with Gasteiger partial charge in [-0.25, -0.2) is 13.4 Å². The normalized spacial score (nSPS) is 13.2. The number of nitrogens with one attached hydrogen (secondary N) is 1. The van der Waals surface area contributed by atoms with Crippen LogP contribution in [0.2, 0.25) is 0 Å². The zero-order valence-electron chi connectivity index (χ0n) is 19.8. The first-order valence-corrected chi connectivity index (χ1v) is 11.8. The maximum Gasteiger partial charge on any atom is 0.243 e. The molecule has 3 rings (SSSR count). The third-order valence-corrected chi connectivity index (χ3v) is 7.23. The molecule has 0 saturated heterocycles. The van der Waals surface area contributed by atoms with E-state index in [2.05, 4.69) is 24.9 Å². The van der Waals surface area contributed by atoms with Crippen LogP contribution in [-0.4, -0.2) is 66.8 Å². The van der Waals surface area contributed by atoms with Gasteiger partial charge < -0.3 is 18.9 Å². The Morgan fingerprint density at radius 2 is 1.65 bits per heavy atom. The summed E-state index contributed by atoms with van der Waals surface area (Å²) in [6.45, 7) is 3.41. The predicted molar refractivity (Wildman–Crippen MR) is 124 cm³/mol. The zero-order valence-corrected chi connectivity index (χ0v) is 20.7. The first-order chi connectivity index (χ1) is 16.3. The van der Waals surface area contributed by atoms with E-state index >= 15 is 0 Å². The van der Waals surface area contributed by atoms with Crippen molar-refractivity contribution in [1.29, 1.82) is 0 Å². The summed E-state index contributed by atoms with van der Waals surface area (Å²) in [6.07, 6.45) is 2.94. The molecule has 12 nitrogen and oxygen atoms in total. The van der Waals surface area contributed by atoms with Gasteiger partial charge in [0.05, 0.1) is 44.7 Å². The number of nitrogens with zero attached hydrogens (tertiary/aromatic N) is 5. The molecule has 34 heavy (non-hydrogen) atoms. The number of aromatic nitrogens is 5. The lowest BCUT2D eigenvalue weighted by molar-refractivity contribution is 0.176. The van der Waals surface area contributed by atoms with Gasteiger partial charge in [-0.05, 0) is 19.1 Å². The zero-order chi connectivity index (χ0) is 24.9. The summed E-state index contributed by atoms with van der Waals surface area (Å²) < 4.78 is 52.0. The summed E-state index contributed by atoms with van der Waals surface area (Å²) in [5.41, 5.74) is 0.940. The maximum absolute atomic E-state index is 13.3. The summed E-state index contributed by atoms with van der Waals surface area (Å²) in [6, 6.07) is 5.20. The molecule has 2 aromatic heterocycles. The van der Waals surface area contributed by atoms with Crippen LogP contribution in [0, 0.1) is 0 Å². The summed E-state index contributed by atoms with van der Waals surface area (Å²) >= 11 is 0. The van der Waals surface area contributed by atoms with Gasteiger partial charge in [-0.15, -0.1) is 10.2 Å². The molecule has 0 aliphatic heterocycles. The van der Waals surface area contributed by atoms with E-state index in [-0.39, 0.29) is 12.6 Å². The van der Waals surface area contributed by atoms with Gasteiger partial charge in [-0.1, -0.05) is 13.0 Å². The van der Waals surface area contributed by atoms with Crippen molar-refractivity contribution < 1.29 is 27.4 Å². The average molecular weight is 493 g/mol. The van der Waals surface area contributed by atoms with Crippen LogP contribution < -0.4 is 18.9 Å². The molecule has 0 bridgehead atoms. The third kappa shape index (κ3) is 5.04. The topological polar surface area (TPSA) is 140 Å². The molecule has 0 fully saturated rings. The van der Waals surface area contributed by atoms with E-state index in [9.17, 15) is 8.42 Å². The van der Waals surface area contributed by atoms with Crippen molar-refractivity contribution in [1.82, 2.24) is 24.7 Å². The Bertz CT molecular complexity index is 1190. The van der Waals surface area contributed by atoms with Crippen molar-refractivity contribution in [2.24, 2.45) is 0 Å². The van der Waals surface area contributed by atoms with Crippen molar-refractivity contribution in [3.63, 3.8) is 0 Å². The maximum atomic E-state index is 13.3. The van der Waals surface area contributed by atoms with Gasteiger partial charge in [0.2, 0.25) is 21.9 Å². The molecule has 0 aliphatic rings. The number of para-hydroxylation sites is 1. The molecule has 1 aromatic carbocycles. The Morgan fingerprint density at radius 3 is 2.18 bits per heavy atom. The fourth-order valence-electron chi connectivity index (χ4n) is 3.29. The van der Waals surface area contributed by atoms with Crippen molar-refractivity contribution in [2.45, 2.75) is 31.6 Å². The number of hydrogen-bond acceptors (Lipinski definition) is 10. The van der Waals surface area contributed by atoms with Crippen molar-refractivity contribution in [2.75, 3.05) is 33.2 Å². The molecular formula is C21H28N6O6S. The molecule has 0 radical (unpaired) electrons. The largest absolute Gasteiger partial charge is 0.494 e. The van der Waals surface area contributed by atoms with Crippen LogP contribution in [0.15, 0.2) is 30.6 Å². The van der Waals surface area contributed by atoms with E-state index in [4.69, 9.17) is 18.9 Å². The average Bonchev–Trinajstić information content (AvgIpc) is 3.23. The van der Waals surface area contributed by atoms with Crippen molar-refractivity contribution in [3.8, 4) is 23.1 Å². The second-order valence-corrected chi connectivity index (χ2v) is 9.38. The summed E-state index contributed by atoms with van der Waals surface area (Å²) in [7, 11) is 2.04. The smallest absolute Gasteiger partial charge is 0.243 e. The second kappa shape index (κ2) is 10.7. The molecule has 184 valence electrons. The first kappa shape index (κ1) is 25.2. The summed E-state index contributed by atoms with van der Waals surface area (Å²) in [5, 5.41) is 7.30. The number of rotatable bonds is 11. The fourth-order valence-corrected chi connectivity index (χ4v) is 4.54. The molecule has 2 atom stereocenters. The van der Waals surface area contributed by atoms with E-state index in [0.717, 1.165) is 0 Å². The highest BCUT2D eigenvalue weighted by molar-refractivity contribution is 7.93. The molecule has 0 amide bonds. The highest BCUT2D eigenvalue weighted by atomic mass is 32.2. The Balaban J connectivity index is 2.01. The van der Waals surface area contributed by atoms with Gasteiger partial charge in [0.25, 0.3) is 0 Å². The van der Waals surface area contributed by atoms with Crippen LogP contribution >= 0.6 is 0 Å². The monoisotopic (exact) mass is 492 g/mol. The fraction of sp³-hybridized carbons (Fsp3) is 0.429. The molecule has 13 heteroatoms. The van der Waals surface area contributed by atoms with Crippen LogP contribution in [0.25, 0.3) is 5.69 Å². The summed E-state index contributed by atoms with van der Waals surface area (Å²) in [5.74, 6) is 1.05. The second-order valence-electron chi connectivity index (χ2n) is 7.34. The quantitative estimate of drug-likeness (QED) is 0.423. The van der Waals surface area contributed by atoms with Gasteiger partial charge in [0, 0.05) is 13.0 Å². The minimum absolute atomic E-state index is 0.0327. The van der Waals surface area contributed by atoms with Crippen molar-refractivity contribution >= 4 is 16.0 Å². The number of sulfonamides is 1. The van der Waals surface area contributed by atoms with Gasteiger partial charge >= 0.3 is 0 Å². The molecule has 2 unspecified atom stereocenters. The first-order valence-electron chi connectivity index (χ1n) is 10.3. The Morgan fingerprint density at radius 1 is 0.971 bits per heavy atom. The number of methoxy groups -OCH3 is 4. The summed E-state index contributed by atoms with van der Waals surface area (Å²) in [4.78, 5) is 8.38. The highest BCUT2D eigenvalue weighted by Gasteiger charge is 2.31. The van der Waals surface area contributed by atoms with E-state index in [1.807, 2.05) is 0 Å². The lowest BCUT2D eigenvalue weighted by Crippen LogP contribution is -2.31. The Hall–Kier alpha value is -3.45. The van der Waals surface area contributed by atoms with Crippen LogP contribution in [0.4, 0.5) is 5.95 Å². The molecule has 0 spiro atoms. The lowest BCUT2D eigenvalue weighted by Gasteiger charge is -2.21. The van der Waals surface area contributed by atoms with Gasteiger partial charge in [0.15, 0.2) is 5.82 Å². The van der Waals surface area contributed by atoms with E-state index in [1.54, 1.807) is 32.0 Å². The van der Waals surface area contributed by atoms with Crippen LogP contribution in [0.5, 0.6) is 17.4 Å². The van der Waals surface area contributed by atoms with Crippen LogP contribution in [0.1, 0.15) is 31.3 Å². The molecule has 2 heterocycles. The molecule has 0 aliphatic carbocycles. The minimum Gasteiger partial charge on any atom is -0.494 e. The van der Waals surface area contributed by atoms with E-state index in [1.165, 1.54) is 45.4 Å². The third-order valence-electron chi connectivity index (χ3n) is 5.38. The highest BCUT2D eigenvalue weighted by Crippen LogP contribution is 2.36.